The van der Waals surface area contributed by atoms with Crippen LogP contribution in [0.5, 0.6) is 0 Å². The molecule has 0 unspecified atom stereocenters. The highest BCUT2D eigenvalue weighted by Gasteiger charge is 2.23. The second-order valence-corrected chi connectivity index (χ2v) is 11.3. The van der Waals surface area contributed by atoms with E-state index in [0.29, 0.717) is 23.4 Å². The minimum atomic E-state index is 0.0844. The molecule has 1 amide bonds. The van der Waals surface area contributed by atoms with Crippen LogP contribution in [0.3, 0.4) is 0 Å². The monoisotopic (exact) mass is 582 g/mol. The van der Waals surface area contributed by atoms with Gasteiger partial charge in [0.2, 0.25) is 5.91 Å². The number of halogens is 2. The Bertz CT molecular complexity index is 1280. The number of anilines is 2. The highest BCUT2D eigenvalue weighted by molar-refractivity contribution is 7.99. The van der Waals surface area contributed by atoms with Crippen LogP contribution in [0.4, 0.5) is 11.5 Å². The first-order valence-corrected chi connectivity index (χ1v) is 14.9. The number of hydrogen-bond acceptors (Lipinski definition) is 7. The van der Waals surface area contributed by atoms with Gasteiger partial charge in [-0.2, -0.15) is 0 Å². The van der Waals surface area contributed by atoms with Gasteiger partial charge in [0.1, 0.15) is 11.0 Å². The Morgan fingerprint density at radius 2 is 1.54 bits per heavy atom. The van der Waals surface area contributed by atoms with Crippen molar-refractivity contribution in [1.82, 2.24) is 19.8 Å². The maximum absolute atomic E-state index is 12.9. The van der Waals surface area contributed by atoms with Crippen LogP contribution in [0, 0.1) is 0 Å². The summed E-state index contributed by atoms with van der Waals surface area (Å²) in [4.78, 5) is 30.8. The van der Waals surface area contributed by atoms with Crippen LogP contribution in [-0.2, 0) is 4.79 Å². The molecule has 0 N–H and O–H groups in total. The van der Waals surface area contributed by atoms with Gasteiger partial charge in [-0.05, 0) is 17.7 Å². The van der Waals surface area contributed by atoms with Crippen molar-refractivity contribution >= 4 is 58.5 Å². The van der Waals surface area contributed by atoms with Crippen molar-refractivity contribution < 1.29 is 4.79 Å². The topological polar surface area (TPSA) is 55.8 Å². The van der Waals surface area contributed by atoms with Crippen molar-refractivity contribution in [3.8, 4) is 0 Å². The fourth-order valence-corrected chi connectivity index (χ4v) is 6.04. The van der Waals surface area contributed by atoms with Crippen molar-refractivity contribution in [3.63, 3.8) is 0 Å². The predicted molar refractivity (Wildman–Crippen MR) is 162 cm³/mol. The molecule has 2 aliphatic rings. The lowest BCUT2D eigenvalue weighted by Crippen LogP contribution is -2.49. The molecule has 0 aliphatic carbocycles. The summed E-state index contributed by atoms with van der Waals surface area (Å²) in [5, 5.41) is 1.67. The van der Waals surface area contributed by atoms with E-state index in [4.69, 9.17) is 28.2 Å². The molecule has 3 heterocycles. The number of carbonyl (C=O) groups is 1. The molecule has 2 aromatic carbocycles. The number of carbonyl (C=O) groups excluding carboxylic acids is 1. The molecular formula is C29H32Cl2N6OS. The average molecular weight is 584 g/mol. The fraction of sp³-hybridized carbons (Fsp3) is 0.345. The Balaban J connectivity index is 1.09. The van der Waals surface area contributed by atoms with Gasteiger partial charge >= 0.3 is 0 Å². The summed E-state index contributed by atoms with van der Waals surface area (Å²) in [6.45, 7) is 7.38. The van der Waals surface area contributed by atoms with Gasteiger partial charge in [0, 0.05) is 65.0 Å². The quantitative estimate of drug-likeness (QED) is 0.209. The van der Waals surface area contributed by atoms with Crippen molar-refractivity contribution in [3.05, 3.63) is 82.5 Å². The highest BCUT2D eigenvalue weighted by atomic mass is 35.5. The van der Waals surface area contributed by atoms with Crippen molar-refractivity contribution in [2.24, 2.45) is 0 Å². The standard InChI is InChI=1S/C29H32Cl2N6OS/c30-24-10-4-5-11-25(24)35-17-19-37(20-18-35)28(38)22-39-29-32-26(31)21-27(33-29)36-15-13-34(14-16-36)12-6-9-23-7-2-1-3-8-23/h1-11,21H,12-20,22H2. The van der Waals surface area contributed by atoms with E-state index in [2.05, 4.69) is 56.1 Å². The summed E-state index contributed by atoms with van der Waals surface area (Å²) >= 11 is 14.0. The molecule has 2 aliphatic heterocycles. The summed E-state index contributed by atoms with van der Waals surface area (Å²) in [6.07, 6.45) is 4.38. The molecular weight excluding hydrogens is 551 g/mol. The van der Waals surface area contributed by atoms with Gasteiger partial charge in [-0.3, -0.25) is 9.69 Å². The number of para-hydroxylation sites is 1. The number of piperazine rings is 2. The van der Waals surface area contributed by atoms with Crippen molar-refractivity contribution in [2.45, 2.75) is 5.16 Å². The first-order chi connectivity index (χ1) is 19.0. The van der Waals surface area contributed by atoms with Gasteiger partial charge in [-0.25, -0.2) is 9.97 Å². The fourth-order valence-electron chi connectivity index (χ4n) is 4.80. The van der Waals surface area contributed by atoms with Crippen LogP contribution in [0.1, 0.15) is 5.56 Å². The Kier molecular flexibility index (Phi) is 9.63. The van der Waals surface area contributed by atoms with Crippen LogP contribution in [-0.4, -0.2) is 90.3 Å². The van der Waals surface area contributed by atoms with E-state index in [1.807, 2.05) is 41.3 Å². The maximum Gasteiger partial charge on any atom is 0.233 e. The minimum Gasteiger partial charge on any atom is -0.367 e. The third-order valence-electron chi connectivity index (χ3n) is 6.98. The highest BCUT2D eigenvalue weighted by Crippen LogP contribution is 2.27. The maximum atomic E-state index is 12.9. The number of amides is 1. The van der Waals surface area contributed by atoms with E-state index >= 15 is 0 Å². The predicted octanol–water partition coefficient (Wildman–Crippen LogP) is 5.06. The molecule has 204 valence electrons. The van der Waals surface area contributed by atoms with Gasteiger partial charge in [-0.15, -0.1) is 0 Å². The minimum absolute atomic E-state index is 0.0844. The summed E-state index contributed by atoms with van der Waals surface area (Å²) < 4.78 is 0. The lowest BCUT2D eigenvalue weighted by molar-refractivity contribution is -0.128. The molecule has 0 bridgehead atoms. The molecule has 7 nitrogen and oxygen atoms in total. The first-order valence-electron chi connectivity index (χ1n) is 13.2. The molecule has 3 aromatic rings. The molecule has 10 heteroatoms. The smallest absolute Gasteiger partial charge is 0.233 e. The molecule has 5 rings (SSSR count). The Morgan fingerprint density at radius 1 is 0.846 bits per heavy atom. The van der Waals surface area contributed by atoms with E-state index in [0.717, 1.165) is 62.3 Å². The van der Waals surface area contributed by atoms with E-state index in [1.165, 1.54) is 17.3 Å². The van der Waals surface area contributed by atoms with Crippen LogP contribution >= 0.6 is 35.0 Å². The summed E-state index contributed by atoms with van der Waals surface area (Å²) in [7, 11) is 0. The van der Waals surface area contributed by atoms with E-state index in [9.17, 15) is 4.79 Å². The Hall–Kier alpha value is -2.78. The zero-order valence-electron chi connectivity index (χ0n) is 21.8. The normalized spacial score (nSPS) is 16.7. The van der Waals surface area contributed by atoms with Gasteiger partial charge in [-0.1, -0.05) is 89.6 Å². The van der Waals surface area contributed by atoms with Crippen molar-refractivity contribution in [2.75, 3.05) is 74.5 Å². The molecule has 1 aromatic heterocycles. The lowest BCUT2D eigenvalue weighted by atomic mass is 10.2. The molecule has 2 fully saturated rings. The van der Waals surface area contributed by atoms with Crippen LogP contribution in [0.25, 0.3) is 6.08 Å². The SMILES string of the molecule is O=C(CSc1nc(Cl)cc(N2CCN(CC=Cc3ccccc3)CC2)n1)N1CCN(c2ccccc2Cl)CC1. The largest absolute Gasteiger partial charge is 0.367 e. The zero-order valence-corrected chi connectivity index (χ0v) is 24.1. The van der Waals surface area contributed by atoms with Gasteiger partial charge in [0.05, 0.1) is 16.5 Å². The third-order valence-corrected chi connectivity index (χ3v) is 8.33. The van der Waals surface area contributed by atoms with Gasteiger partial charge < -0.3 is 14.7 Å². The second kappa shape index (κ2) is 13.5. The number of benzene rings is 2. The average Bonchev–Trinajstić information content (AvgIpc) is 2.97. The van der Waals surface area contributed by atoms with Gasteiger partial charge in [0.15, 0.2) is 5.16 Å². The molecule has 0 saturated carbocycles. The number of hydrogen-bond donors (Lipinski definition) is 0. The Labute approximate surface area is 244 Å². The van der Waals surface area contributed by atoms with Crippen LogP contribution in [0.2, 0.25) is 10.2 Å². The summed E-state index contributed by atoms with van der Waals surface area (Å²) in [5.41, 5.74) is 2.24. The number of rotatable bonds is 8. The second-order valence-electron chi connectivity index (χ2n) is 9.54. The van der Waals surface area contributed by atoms with E-state index < -0.39 is 0 Å². The molecule has 39 heavy (non-hydrogen) atoms. The summed E-state index contributed by atoms with van der Waals surface area (Å²) in [5.74, 6) is 1.19. The van der Waals surface area contributed by atoms with Crippen LogP contribution in [0.15, 0.2) is 71.9 Å². The molecule has 0 spiro atoms. The van der Waals surface area contributed by atoms with Crippen LogP contribution < -0.4 is 9.80 Å². The third kappa shape index (κ3) is 7.66. The number of nitrogens with zero attached hydrogens (tertiary/aromatic N) is 6. The van der Waals surface area contributed by atoms with Gasteiger partial charge in [0.25, 0.3) is 0 Å². The molecule has 0 radical (unpaired) electrons. The number of thioether (sulfide) groups is 1. The zero-order chi connectivity index (χ0) is 27.0. The molecule has 0 atom stereocenters. The number of aromatic nitrogens is 2. The Morgan fingerprint density at radius 3 is 2.28 bits per heavy atom. The molecule has 2 saturated heterocycles. The van der Waals surface area contributed by atoms with Crippen molar-refractivity contribution in [1.29, 1.82) is 0 Å². The summed E-state index contributed by atoms with van der Waals surface area (Å²) in [6, 6.07) is 20.0. The first kappa shape index (κ1) is 27.8. The van der Waals surface area contributed by atoms with E-state index in [-0.39, 0.29) is 11.7 Å². The lowest BCUT2D eigenvalue weighted by Gasteiger charge is -2.36. The van der Waals surface area contributed by atoms with E-state index in [1.54, 1.807) is 0 Å².